The van der Waals surface area contributed by atoms with Crippen LogP contribution in [0.15, 0.2) is 48.5 Å². The molecule has 2 aromatic carbocycles. The molecule has 2 rings (SSSR count). The van der Waals surface area contributed by atoms with Gasteiger partial charge in [-0.2, -0.15) is 0 Å². The Morgan fingerprint density at radius 3 is 2.45 bits per heavy atom. The topological polar surface area (TPSA) is 92.6 Å². The largest absolute Gasteiger partial charge is 0.354 e. The number of benzene rings is 2. The number of hydrogen-bond donors (Lipinski definition) is 1. The number of nitrogens with one attached hydrogen (secondary N) is 1. The molecule has 7 heteroatoms. The molecule has 0 aliphatic carbocycles. The number of para-hydroxylation sites is 1. The first kappa shape index (κ1) is 24.1. The third-order valence-electron chi connectivity index (χ3n) is 5.04. The van der Waals surface area contributed by atoms with Gasteiger partial charge in [0, 0.05) is 24.7 Å². The van der Waals surface area contributed by atoms with E-state index in [0.717, 1.165) is 11.1 Å². The number of nitrogens with zero attached hydrogens (tertiary/aromatic N) is 2. The summed E-state index contributed by atoms with van der Waals surface area (Å²) in [6.45, 7) is 8.62. The van der Waals surface area contributed by atoms with Gasteiger partial charge in [0.2, 0.25) is 11.8 Å². The molecular weight excluding hydrogens is 394 g/mol. The van der Waals surface area contributed by atoms with Gasteiger partial charge in [-0.05, 0) is 24.8 Å². The first-order valence-electron chi connectivity index (χ1n) is 10.6. The second-order valence-corrected chi connectivity index (χ2v) is 8.14. The molecule has 0 aliphatic rings. The first-order valence-corrected chi connectivity index (χ1v) is 10.6. The SMILES string of the molecule is CC[C@H](C(=O)NCC(C)C)N(Cc1cccc(C)c1)C(=O)Cc1ccccc1[N+](=O)[O-]. The highest BCUT2D eigenvalue weighted by molar-refractivity contribution is 5.88. The molecule has 0 fully saturated rings. The second-order valence-electron chi connectivity index (χ2n) is 8.14. The molecule has 1 N–H and O–H groups in total. The minimum absolute atomic E-state index is 0.0938. The summed E-state index contributed by atoms with van der Waals surface area (Å²) in [7, 11) is 0. The molecule has 0 unspecified atom stereocenters. The molecule has 0 saturated heterocycles. The smallest absolute Gasteiger partial charge is 0.273 e. The third kappa shape index (κ3) is 6.91. The van der Waals surface area contributed by atoms with Gasteiger partial charge in [-0.15, -0.1) is 0 Å². The maximum Gasteiger partial charge on any atom is 0.273 e. The van der Waals surface area contributed by atoms with Crippen LogP contribution < -0.4 is 5.32 Å². The summed E-state index contributed by atoms with van der Waals surface area (Å²) < 4.78 is 0. The van der Waals surface area contributed by atoms with Crippen LogP contribution in [0.4, 0.5) is 5.69 Å². The molecule has 0 radical (unpaired) electrons. The summed E-state index contributed by atoms with van der Waals surface area (Å²) in [6, 6.07) is 13.3. The Kier molecular flexibility index (Phi) is 8.73. The Hall–Kier alpha value is -3.22. The molecule has 0 heterocycles. The maximum atomic E-state index is 13.3. The fraction of sp³-hybridized carbons (Fsp3) is 0.417. The molecule has 31 heavy (non-hydrogen) atoms. The first-order chi connectivity index (χ1) is 14.7. The van der Waals surface area contributed by atoms with Crippen molar-refractivity contribution in [2.24, 2.45) is 5.92 Å². The third-order valence-corrected chi connectivity index (χ3v) is 5.04. The predicted octanol–water partition coefficient (Wildman–Crippen LogP) is 4.03. The summed E-state index contributed by atoms with van der Waals surface area (Å²) in [6.07, 6.45) is 0.301. The Bertz CT molecular complexity index is 927. The van der Waals surface area contributed by atoms with Crippen molar-refractivity contribution < 1.29 is 14.5 Å². The molecule has 2 amide bonds. The van der Waals surface area contributed by atoms with Crippen LogP contribution >= 0.6 is 0 Å². The van der Waals surface area contributed by atoms with Gasteiger partial charge in [0.25, 0.3) is 5.69 Å². The van der Waals surface area contributed by atoms with Gasteiger partial charge < -0.3 is 10.2 Å². The number of carbonyl (C=O) groups excluding carboxylic acids is 2. The van der Waals surface area contributed by atoms with E-state index in [9.17, 15) is 19.7 Å². The average Bonchev–Trinajstić information content (AvgIpc) is 2.72. The Labute approximate surface area is 183 Å². The van der Waals surface area contributed by atoms with E-state index in [1.165, 1.54) is 6.07 Å². The lowest BCUT2D eigenvalue weighted by molar-refractivity contribution is -0.385. The lowest BCUT2D eigenvalue weighted by Crippen LogP contribution is -2.50. The Balaban J connectivity index is 2.34. The van der Waals surface area contributed by atoms with Crippen LogP contribution in [-0.2, 0) is 22.6 Å². The maximum absolute atomic E-state index is 13.3. The monoisotopic (exact) mass is 425 g/mol. The second kappa shape index (κ2) is 11.2. The standard InChI is InChI=1S/C24H31N3O4/c1-5-21(24(29)25-15-17(2)3)26(16-19-10-8-9-18(4)13-19)23(28)14-20-11-6-7-12-22(20)27(30)31/h6-13,17,21H,5,14-16H2,1-4H3,(H,25,29)/t21-/m1/s1. The number of carbonyl (C=O) groups is 2. The van der Waals surface area contributed by atoms with Crippen molar-refractivity contribution in [2.75, 3.05) is 6.54 Å². The summed E-state index contributed by atoms with van der Waals surface area (Å²) >= 11 is 0. The molecule has 2 aromatic rings. The molecular formula is C24H31N3O4. The van der Waals surface area contributed by atoms with Gasteiger partial charge in [-0.1, -0.05) is 68.8 Å². The zero-order chi connectivity index (χ0) is 23.0. The Morgan fingerprint density at radius 1 is 1.13 bits per heavy atom. The summed E-state index contributed by atoms with van der Waals surface area (Å²) in [4.78, 5) is 38.7. The number of nitro benzene ring substituents is 1. The number of nitro groups is 1. The predicted molar refractivity (Wildman–Crippen MR) is 120 cm³/mol. The van der Waals surface area contributed by atoms with Crippen molar-refractivity contribution in [3.05, 3.63) is 75.3 Å². The lowest BCUT2D eigenvalue weighted by Gasteiger charge is -2.31. The highest BCUT2D eigenvalue weighted by atomic mass is 16.6. The van der Waals surface area contributed by atoms with E-state index in [2.05, 4.69) is 5.32 Å². The van der Waals surface area contributed by atoms with Crippen LogP contribution in [0.1, 0.15) is 43.9 Å². The molecule has 1 atom stereocenters. The lowest BCUT2D eigenvalue weighted by atomic mass is 10.0. The molecule has 0 saturated carbocycles. The van der Waals surface area contributed by atoms with E-state index < -0.39 is 11.0 Å². The van der Waals surface area contributed by atoms with Gasteiger partial charge in [-0.25, -0.2) is 0 Å². The van der Waals surface area contributed by atoms with Crippen molar-refractivity contribution in [3.63, 3.8) is 0 Å². The zero-order valence-electron chi connectivity index (χ0n) is 18.6. The van der Waals surface area contributed by atoms with Crippen LogP contribution in [0.25, 0.3) is 0 Å². The highest BCUT2D eigenvalue weighted by Gasteiger charge is 2.30. The number of aryl methyl sites for hydroxylation is 1. The van der Waals surface area contributed by atoms with E-state index in [0.29, 0.717) is 18.5 Å². The van der Waals surface area contributed by atoms with Gasteiger partial charge >= 0.3 is 0 Å². The van der Waals surface area contributed by atoms with E-state index >= 15 is 0 Å². The molecule has 7 nitrogen and oxygen atoms in total. The summed E-state index contributed by atoms with van der Waals surface area (Å²) in [5.74, 6) is -0.239. The van der Waals surface area contributed by atoms with Gasteiger partial charge in [0.15, 0.2) is 0 Å². The fourth-order valence-corrected chi connectivity index (χ4v) is 3.45. The Morgan fingerprint density at radius 2 is 1.84 bits per heavy atom. The molecule has 166 valence electrons. The minimum Gasteiger partial charge on any atom is -0.354 e. The van der Waals surface area contributed by atoms with Crippen LogP contribution in [-0.4, -0.2) is 34.2 Å². The van der Waals surface area contributed by atoms with E-state index in [-0.39, 0.29) is 36.4 Å². The average molecular weight is 426 g/mol. The summed E-state index contributed by atoms with van der Waals surface area (Å²) in [5, 5.41) is 14.3. The van der Waals surface area contributed by atoms with Crippen LogP contribution in [0, 0.1) is 23.0 Å². The van der Waals surface area contributed by atoms with Crippen LogP contribution in [0.2, 0.25) is 0 Å². The van der Waals surface area contributed by atoms with E-state index in [4.69, 9.17) is 0 Å². The normalized spacial score (nSPS) is 11.8. The van der Waals surface area contributed by atoms with Gasteiger partial charge in [0.05, 0.1) is 11.3 Å². The van der Waals surface area contributed by atoms with Crippen LogP contribution in [0.5, 0.6) is 0 Å². The van der Waals surface area contributed by atoms with E-state index in [1.54, 1.807) is 23.1 Å². The fourth-order valence-electron chi connectivity index (χ4n) is 3.45. The zero-order valence-corrected chi connectivity index (χ0v) is 18.6. The number of amides is 2. The molecule has 0 aromatic heterocycles. The minimum atomic E-state index is -0.658. The quantitative estimate of drug-likeness (QED) is 0.459. The number of rotatable bonds is 10. The van der Waals surface area contributed by atoms with Crippen molar-refractivity contribution in [3.8, 4) is 0 Å². The molecule has 0 spiro atoms. The van der Waals surface area contributed by atoms with Crippen molar-refractivity contribution in [2.45, 2.75) is 53.1 Å². The van der Waals surface area contributed by atoms with Crippen molar-refractivity contribution >= 4 is 17.5 Å². The van der Waals surface area contributed by atoms with Gasteiger partial charge in [0.1, 0.15) is 6.04 Å². The van der Waals surface area contributed by atoms with Gasteiger partial charge in [-0.3, -0.25) is 19.7 Å². The molecule has 0 aliphatic heterocycles. The van der Waals surface area contributed by atoms with Crippen molar-refractivity contribution in [1.29, 1.82) is 0 Å². The molecule has 0 bridgehead atoms. The van der Waals surface area contributed by atoms with Crippen molar-refractivity contribution in [1.82, 2.24) is 10.2 Å². The highest BCUT2D eigenvalue weighted by Crippen LogP contribution is 2.21. The summed E-state index contributed by atoms with van der Waals surface area (Å²) in [5.41, 5.74) is 2.21. The van der Waals surface area contributed by atoms with Crippen LogP contribution in [0.3, 0.4) is 0 Å². The number of hydrogen-bond acceptors (Lipinski definition) is 4. The van der Waals surface area contributed by atoms with E-state index in [1.807, 2.05) is 52.0 Å².